The van der Waals surface area contributed by atoms with Crippen molar-refractivity contribution in [3.8, 4) is 11.4 Å². The molecule has 25 heavy (non-hydrogen) atoms. The number of hydrogen-bond acceptors (Lipinski definition) is 6. The van der Waals surface area contributed by atoms with Gasteiger partial charge in [-0.15, -0.1) is 5.10 Å². The van der Waals surface area contributed by atoms with Gasteiger partial charge in [0.15, 0.2) is 0 Å². The van der Waals surface area contributed by atoms with Crippen LogP contribution in [0.25, 0.3) is 5.69 Å². The van der Waals surface area contributed by atoms with E-state index in [-0.39, 0.29) is 5.91 Å². The molecule has 1 amide bonds. The Balaban J connectivity index is 1.88. The average Bonchev–Trinajstić information content (AvgIpc) is 3.16. The monoisotopic (exact) mass is 364 g/mol. The fourth-order valence-corrected chi connectivity index (χ4v) is 3.45. The number of aromatic nitrogens is 4. The third kappa shape index (κ3) is 3.74. The van der Waals surface area contributed by atoms with Gasteiger partial charge in [-0.05, 0) is 48.8 Å². The molecule has 9 heteroatoms. The number of tetrazole rings is 1. The van der Waals surface area contributed by atoms with Crippen molar-refractivity contribution in [3.63, 3.8) is 0 Å². The van der Waals surface area contributed by atoms with Crippen LogP contribution in [-0.2, 0) is 0 Å². The Labute approximate surface area is 151 Å². The van der Waals surface area contributed by atoms with Gasteiger partial charge in [-0.25, -0.2) is 0 Å². The molecule has 1 atom stereocenters. The number of ether oxygens (including phenoxy) is 1. The number of halogens is 1. The second-order valence-electron chi connectivity index (χ2n) is 6.08. The van der Waals surface area contributed by atoms with Crippen LogP contribution in [0.3, 0.4) is 0 Å². The lowest BCUT2D eigenvalue weighted by Gasteiger charge is -2.33. The summed E-state index contributed by atoms with van der Waals surface area (Å²) in [5, 5.41) is 14.6. The van der Waals surface area contributed by atoms with Gasteiger partial charge in [0.1, 0.15) is 12.1 Å². The van der Waals surface area contributed by atoms with Crippen LogP contribution in [0.2, 0.25) is 5.02 Å². The predicted molar refractivity (Wildman–Crippen MR) is 93.3 cm³/mol. The Kier molecular flexibility index (Phi) is 5.50. The first-order valence-electron chi connectivity index (χ1n) is 8.18. The van der Waals surface area contributed by atoms with E-state index in [2.05, 4.69) is 20.8 Å². The van der Waals surface area contributed by atoms with E-state index in [4.69, 9.17) is 16.3 Å². The molecule has 1 fully saturated rings. The number of carbonyl (C=O) groups excluding carboxylic acids is 1. The van der Waals surface area contributed by atoms with E-state index >= 15 is 0 Å². The number of carbonyl (C=O) groups is 1. The molecule has 1 saturated heterocycles. The average molecular weight is 365 g/mol. The van der Waals surface area contributed by atoms with Crippen molar-refractivity contribution < 1.29 is 9.53 Å². The molecule has 8 nitrogen and oxygen atoms in total. The normalized spacial score (nSPS) is 17.6. The molecular weight excluding hydrogens is 344 g/mol. The van der Waals surface area contributed by atoms with Gasteiger partial charge < -0.3 is 15.0 Å². The number of nitrogens with one attached hydrogen (secondary N) is 1. The molecule has 3 rings (SSSR count). The second kappa shape index (κ2) is 7.79. The highest BCUT2D eigenvalue weighted by molar-refractivity contribution is 6.33. The maximum Gasteiger partial charge on any atom is 0.257 e. The molecule has 0 aliphatic carbocycles. The molecule has 1 aliphatic heterocycles. The number of hydrogen-bond donors (Lipinski definition) is 1. The van der Waals surface area contributed by atoms with E-state index in [0.29, 0.717) is 27.9 Å². The summed E-state index contributed by atoms with van der Waals surface area (Å²) in [6.45, 7) is 2.38. The highest BCUT2D eigenvalue weighted by Crippen LogP contribution is 2.31. The Morgan fingerprint density at radius 3 is 3.00 bits per heavy atom. The number of piperidine rings is 1. The Morgan fingerprint density at radius 1 is 1.48 bits per heavy atom. The topological polar surface area (TPSA) is 85.2 Å². The van der Waals surface area contributed by atoms with Crippen LogP contribution in [0.15, 0.2) is 18.5 Å². The molecule has 1 aliphatic rings. The summed E-state index contributed by atoms with van der Waals surface area (Å²) in [5.74, 6) is 0.850. The van der Waals surface area contributed by atoms with Gasteiger partial charge in [-0.3, -0.25) is 4.79 Å². The molecule has 1 N–H and O–H groups in total. The largest absolute Gasteiger partial charge is 0.496 e. The zero-order valence-electron chi connectivity index (χ0n) is 14.3. The number of likely N-dealkylation sites (tertiary alicyclic amines) is 1. The summed E-state index contributed by atoms with van der Waals surface area (Å²) in [4.78, 5) is 14.9. The lowest BCUT2D eigenvalue weighted by Crippen LogP contribution is -2.42. The molecule has 0 spiro atoms. The fourth-order valence-electron chi connectivity index (χ4n) is 3.20. The first-order chi connectivity index (χ1) is 12.1. The highest BCUT2D eigenvalue weighted by Gasteiger charge is 2.27. The molecule has 0 saturated carbocycles. The van der Waals surface area contributed by atoms with E-state index in [1.165, 1.54) is 18.1 Å². The van der Waals surface area contributed by atoms with Crippen molar-refractivity contribution in [1.82, 2.24) is 30.4 Å². The van der Waals surface area contributed by atoms with Crippen LogP contribution in [0.4, 0.5) is 0 Å². The summed E-state index contributed by atoms with van der Waals surface area (Å²) in [5.41, 5.74) is 1.02. The van der Waals surface area contributed by atoms with Crippen LogP contribution >= 0.6 is 11.6 Å². The minimum atomic E-state index is -0.0668. The minimum Gasteiger partial charge on any atom is -0.496 e. The maximum atomic E-state index is 13.0. The van der Waals surface area contributed by atoms with Crippen molar-refractivity contribution in [2.75, 3.05) is 33.8 Å². The summed E-state index contributed by atoms with van der Waals surface area (Å²) < 4.78 is 6.86. The number of nitrogens with zero attached hydrogens (tertiary/aromatic N) is 5. The SMILES string of the molecule is CNC[C@H]1CCCN(C(=O)c2cc(Cl)c(-n3cnnn3)cc2OC)C1. The van der Waals surface area contributed by atoms with E-state index in [0.717, 1.165) is 32.5 Å². The molecule has 2 heterocycles. The van der Waals surface area contributed by atoms with Crippen molar-refractivity contribution in [1.29, 1.82) is 0 Å². The quantitative estimate of drug-likeness (QED) is 0.863. The van der Waals surface area contributed by atoms with Gasteiger partial charge in [0.05, 0.1) is 23.4 Å². The fraction of sp³-hybridized carbons (Fsp3) is 0.500. The van der Waals surface area contributed by atoms with E-state index in [9.17, 15) is 4.79 Å². The van der Waals surface area contributed by atoms with Gasteiger partial charge in [0.2, 0.25) is 0 Å². The number of amides is 1. The van der Waals surface area contributed by atoms with Crippen LogP contribution < -0.4 is 10.1 Å². The molecule has 2 aromatic rings. The Morgan fingerprint density at radius 2 is 2.32 bits per heavy atom. The second-order valence-corrected chi connectivity index (χ2v) is 6.48. The van der Waals surface area contributed by atoms with Crippen molar-refractivity contribution in [2.45, 2.75) is 12.8 Å². The van der Waals surface area contributed by atoms with Crippen LogP contribution in [0.1, 0.15) is 23.2 Å². The van der Waals surface area contributed by atoms with Gasteiger partial charge in [0.25, 0.3) is 5.91 Å². The van der Waals surface area contributed by atoms with Crippen LogP contribution in [-0.4, -0.2) is 64.8 Å². The number of methoxy groups -OCH3 is 1. The summed E-state index contributed by atoms with van der Waals surface area (Å²) in [7, 11) is 3.46. The Bertz CT molecular complexity index is 734. The van der Waals surface area contributed by atoms with Gasteiger partial charge in [0, 0.05) is 19.2 Å². The van der Waals surface area contributed by atoms with Crippen LogP contribution in [0, 0.1) is 5.92 Å². The summed E-state index contributed by atoms with van der Waals surface area (Å²) in [6, 6.07) is 3.31. The molecule has 0 unspecified atom stereocenters. The maximum absolute atomic E-state index is 13.0. The lowest BCUT2D eigenvalue weighted by atomic mass is 9.97. The van der Waals surface area contributed by atoms with E-state index < -0.39 is 0 Å². The zero-order valence-corrected chi connectivity index (χ0v) is 15.0. The highest BCUT2D eigenvalue weighted by atomic mass is 35.5. The van der Waals surface area contributed by atoms with E-state index in [1.807, 2.05) is 11.9 Å². The smallest absolute Gasteiger partial charge is 0.257 e. The van der Waals surface area contributed by atoms with Crippen LogP contribution in [0.5, 0.6) is 5.75 Å². The van der Waals surface area contributed by atoms with Gasteiger partial charge in [-0.2, -0.15) is 4.68 Å². The first kappa shape index (κ1) is 17.6. The standard InChI is InChI=1S/C16H21ClN6O2/c1-18-8-11-4-3-5-22(9-11)16(24)12-6-13(17)14(7-15(12)25-2)23-10-19-20-21-23/h6-7,10-11,18H,3-5,8-9H2,1-2H3/t11-/m1/s1. The van der Waals surface area contributed by atoms with E-state index in [1.54, 1.807) is 12.1 Å². The van der Waals surface area contributed by atoms with Gasteiger partial charge in [-0.1, -0.05) is 11.6 Å². The first-order valence-corrected chi connectivity index (χ1v) is 8.56. The van der Waals surface area contributed by atoms with Crippen molar-refractivity contribution >= 4 is 17.5 Å². The van der Waals surface area contributed by atoms with Crippen molar-refractivity contribution in [2.24, 2.45) is 5.92 Å². The predicted octanol–water partition coefficient (Wildman–Crippen LogP) is 1.40. The number of benzene rings is 1. The Hall–Kier alpha value is -2.19. The molecule has 0 radical (unpaired) electrons. The van der Waals surface area contributed by atoms with Gasteiger partial charge >= 0.3 is 0 Å². The van der Waals surface area contributed by atoms with Crippen molar-refractivity contribution in [3.05, 3.63) is 29.0 Å². The summed E-state index contributed by atoms with van der Waals surface area (Å²) in [6.07, 6.45) is 3.56. The third-order valence-corrected chi connectivity index (χ3v) is 4.70. The summed E-state index contributed by atoms with van der Waals surface area (Å²) >= 11 is 6.36. The minimum absolute atomic E-state index is 0.0668. The molecule has 1 aromatic carbocycles. The molecule has 134 valence electrons. The number of rotatable bonds is 5. The molecular formula is C16H21ClN6O2. The molecule has 1 aromatic heterocycles. The third-order valence-electron chi connectivity index (χ3n) is 4.39. The lowest BCUT2D eigenvalue weighted by molar-refractivity contribution is 0.0671. The molecule has 0 bridgehead atoms. The zero-order chi connectivity index (χ0) is 17.8.